The van der Waals surface area contributed by atoms with E-state index < -0.39 is 24.1 Å². The van der Waals surface area contributed by atoms with Crippen LogP contribution in [0.3, 0.4) is 0 Å². The zero-order valence-corrected chi connectivity index (χ0v) is 18.4. The lowest BCUT2D eigenvalue weighted by molar-refractivity contribution is -0.149. The molecule has 0 radical (unpaired) electrons. The Morgan fingerprint density at radius 1 is 1.21 bits per heavy atom. The van der Waals surface area contributed by atoms with Gasteiger partial charge in [-0.2, -0.15) is 0 Å². The highest BCUT2D eigenvalue weighted by Gasteiger charge is 2.53. The molecule has 1 heterocycles. The van der Waals surface area contributed by atoms with Gasteiger partial charge in [0.1, 0.15) is 18.7 Å². The molecule has 0 bridgehead atoms. The topological polar surface area (TPSA) is 75.7 Å². The maximum Gasteiger partial charge on any atom is 0.326 e. The monoisotopic (exact) mass is 440 g/mol. The van der Waals surface area contributed by atoms with E-state index in [9.17, 15) is 14.4 Å². The van der Waals surface area contributed by atoms with E-state index in [0.29, 0.717) is 34.4 Å². The third-order valence-electron chi connectivity index (χ3n) is 5.98. The summed E-state index contributed by atoms with van der Waals surface area (Å²) in [7, 11) is 0. The van der Waals surface area contributed by atoms with E-state index in [0.717, 1.165) is 17.7 Å². The first-order chi connectivity index (χ1) is 13.5. The summed E-state index contributed by atoms with van der Waals surface area (Å²) in [6, 6.07) is 4.38. The van der Waals surface area contributed by atoms with E-state index in [1.165, 1.54) is 0 Å². The Labute approximate surface area is 180 Å². The highest BCUT2D eigenvalue weighted by atomic mass is 35.5. The lowest BCUT2D eigenvalue weighted by atomic mass is 9.67. The number of urea groups is 1. The number of nitrogens with zero attached hydrogens (tertiary/aromatic N) is 1. The summed E-state index contributed by atoms with van der Waals surface area (Å²) in [5, 5.41) is 3.60. The van der Waals surface area contributed by atoms with Gasteiger partial charge in [0.25, 0.3) is 5.91 Å². The summed E-state index contributed by atoms with van der Waals surface area (Å²) < 4.78 is 5.20. The number of hydrogen-bond acceptors (Lipinski definition) is 4. The Morgan fingerprint density at radius 2 is 1.86 bits per heavy atom. The van der Waals surface area contributed by atoms with Gasteiger partial charge >= 0.3 is 12.0 Å². The second-order valence-corrected chi connectivity index (χ2v) is 9.77. The number of hydrogen-bond donors (Lipinski definition) is 1. The van der Waals surface area contributed by atoms with Gasteiger partial charge < -0.3 is 10.1 Å². The number of esters is 1. The summed E-state index contributed by atoms with van der Waals surface area (Å²) in [4.78, 5) is 38.5. The predicted octanol–water partition coefficient (Wildman–Crippen LogP) is 4.56. The molecule has 1 N–H and O–H groups in total. The first-order valence-corrected chi connectivity index (χ1v) is 10.5. The molecule has 1 aliphatic carbocycles. The predicted molar refractivity (Wildman–Crippen MR) is 111 cm³/mol. The van der Waals surface area contributed by atoms with E-state index in [1.54, 1.807) is 18.2 Å². The van der Waals surface area contributed by atoms with Crippen LogP contribution in [0, 0.1) is 11.3 Å². The minimum atomic E-state index is -0.886. The summed E-state index contributed by atoms with van der Waals surface area (Å²) >= 11 is 11.8. The third kappa shape index (κ3) is 4.69. The zero-order chi connectivity index (χ0) is 21.4. The molecule has 1 aliphatic heterocycles. The quantitative estimate of drug-likeness (QED) is 0.549. The average Bonchev–Trinajstić information content (AvgIpc) is 2.86. The molecule has 0 unspecified atom stereocenters. The van der Waals surface area contributed by atoms with E-state index in [1.807, 2.05) is 0 Å². The Balaban J connectivity index is 1.57. The first kappa shape index (κ1) is 21.9. The number of halogens is 2. The lowest BCUT2D eigenvalue weighted by Gasteiger charge is -2.40. The smallest absolute Gasteiger partial charge is 0.326 e. The first-order valence-electron chi connectivity index (χ1n) is 9.75. The number of ether oxygens (including phenoxy) is 1. The van der Waals surface area contributed by atoms with Gasteiger partial charge in [-0.05, 0) is 54.7 Å². The molecule has 3 rings (SSSR count). The van der Waals surface area contributed by atoms with Gasteiger partial charge in [0.15, 0.2) is 0 Å². The maximum absolute atomic E-state index is 12.9. The number of nitrogens with one attached hydrogen (secondary N) is 1. The molecular weight excluding hydrogens is 415 g/mol. The van der Waals surface area contributed by atoms with Crippen molar-refractivity contribution in [2.75, 3.05) is 6.54 Å². The van der Waals surface area contributed by atoms with Crippen LogP contribution >= 0.6 is 23.2 Å². The van der Waals surface area contributed by atoms with Crippen molar-refractivity contribution in [1.29, 1.82) is 0 Å². The van der Waals surface area contributed by atoms with Crippen LogP contribution in [0.1, 0.15) is 52.0 Å². The number of benzene rings is 1. The van der Waals surface area contributed by atoms with Crippen molar-refractivity contribution >= 4 is 41.1 Å². The van der Waals surface area contributed by atoms with Crippen LogP contribution < -0.4 is 5.32 Å². The lowest BCUT2D eigenvalue weighted by Crippen LogP contribution is -2.50. The standard InChI is InChI=1S/C21H26Cl2N2O4/c1-20(2,3)14-6-8-21(9-7-14)18(27)25(19(28)24-21)11-17(26)29-12-13-4-5-15(22)16(23)10-13/h4-5,10,14H,6-9,11-12H2,1-3H3,(H,24,28). The molecule has 29 heavy (non-hydrogen) atoms. The van der Waals surface area contributed by atoms with Gasteiger partial charge in [-0.3, -0.25) is 14.5 Å². The van der Waals surface area contributed by atoms with Gasteiger partial charge in [-0.1, -0.05) is 50.0 Å². The van der Waals surface area contributed by atoms with Gasteiger partial charge in [0.05, 0.1) is 10.0 Å². The summed E-state index contributed by atoms with van der Waals surface area (Å²) in [5.74, 6) is -0.482. The molecule has 6 nitrogen and oxygen atoms in total. The number of rotatable bonds is 4. The second-order valence-electron chi connectivity index (χ2n) is 8.95. The third-order valence-corrected chi connectivity index (χ3v) is 6.72. The normalized spacial score (nSPS) is 24.7. The molecule has 3 amide bonds. The van der Waals surface area contributed by atoms with Crippen molar-refractivity contribution in [2.45, 2.75) is 58.6 Å². The fourth-order valence-corrected chi connectivity index (χ4v) is 4.42. The van der Waals surface area contributed by atoms with Crippen LogP contribution in [0.15, 0.2) is 18.2 Å². The van der Waals surface area contributed by atoms with Gasteiger partial charge in [-0.15, -0.1) is 0 Å². The number of carbonyl (C=O) groups excluding carboxylic acids is 3. The molecule has 8 heteroatoms. The van der Waals surface area contributed by atoms with Gasteiger partial charge in [0, 0.05) is 0 Å². The summed E-state index contributed by atoms with van der Waals surface area (Å²) in [6.45, 7) is 6.16. The molecule has 0 atom stereocenters. The SMILES string of the molecule is CC(C)(C)C1CCC2(CC1)NC(=O)N(CC(=O)OCc1ccc(Cl)c(Cl)c1)C2=O. The molecule has 2 fully saturated rings. The minimum Gasteiger partial charge on any atom is -0.459 e. The van der Waals surface area contributed by atoms with Crippen molar-refractivity contribution in [3.63, 3.8) is 0 Å². The van der Waals surface area contributed by atoms with E-state index in [-0.39, 0.29) is 17.9 Å². The number of imide groups is 1. The minimum absolute atomic E-state index is 0.0161. The molecule has 1 aromatic rings. The molecule has 1 spiro atoms. The number of carbonyl (C=O) groups is 3. The van der Waals surface area contributed by atoms with Gasteiger partial charge in [0.2, 0.25) is 0 Å². The largest absolute Gasteiger partial charge is 0.459 e. The maximum atomic E-state index is 12.9. The molecular formula is C21H26Cl2N2O4. The molecule has 158 valence electrons. The Hall–Kier alpha value is -1.79. The van der Waals surface area contributed by atoms with Crippen LogP contribution in [-0.2, 0) is 20.9 Å². The van der Waals surface area contributed by atoms with Crippen molar-refractivity contribution in [1.82, 2.24) is 10.2 Å². The second kappa shape index (κ2) is 8.15. The molecule has 0 aromatic heterocycles. The highest BCUT2D eigenvalue weighted by Crippen LogP contribution is 2.43. The van der Waals surface area contributed by atoms with Crippen LogP contribution in [0.4, 0.5) is 4.79 Å². The molecule has 1 saturated heterocycles. The molecule has 1 aromatic carbocycles. The highest BCUT2D eigenvalue weighted by molar-refractivity contribution is 6.42. The Bertz CT molecular complexity index is 826. The van der Waals surface area contributed by atoms with Crippen molar-refractivity contribution in [2.24, 2.45) is 11.3 Å². The summed E-state index contributed by atoms with van der Waals surface area (Å²) in [6.07, 6.45) is 2.92. The molecule has 1 saturated carbocycles. The van der Waals surface area contributed by atoms with Gasteiger partial charge in [-0.25, -0.2) is 4.79 Å². The fourth-order valence-electron chi connectivity index (χ4n) is 4.10. The fraction of sp³-hybridized carbons (Fsp3) is 0.571. The Morgan fingerprint density at radius 3 is 2.45 bits per heavy atom. The average molecular weight is 441 g/mol. The van der Waals surface area contributed by atoms with Crippen molar-refractivity contribution in [3.05, 3.63) is 33.8 Å². The van der Waals surface area contributed by atoms with E-state index in [4.69, 9.17) is 27.9 Å². The van der Waals surface area contributed by atoms with Crippen LogP contribution in [0.25, 0.3) is 0 Å². The van der Waals surface area contributed by atoms with Crippen LogP contribution in [0.2, 0.25) is 10.0 Å². The zero-order valence-electron chi connectivity index (χ0n) is 16.9. The summed E-state index contributed by atoms with van der Waals surface area (Å²) in [5.41, 5.74) is -0.0497. The van der Waals surface area contributed by atoms with E-state index >= 15 is 0 Å². The molecule has 2 aliphatic rings. The van der Waals surface area contributed by atoms with Crippen molar-refractivity contribution < 1.29 is 19.1 Å². The van der Waals surface area contributed by atoms with Crippen molar-refractivity contribution in [3.8, 4) is 0 Å². The Kier molecular flexibility index (Phi) is 6.16. The number of amides is 3. The van der Waals surface area contributed by atoms with Crippen LogP contribution in [-0.4, -0.2) is 34.9 Å². The van der Waals surface area contributed by atoms with E-state index in [2.05, 4.69) is 26.1 Å². The van der Waals surface area contributed by atoms with Crippen LogP contribution in [0.5, 0.6) is 0 Å².